The van der Waals surface area contributed by atoms with E-state index in [2.05, 4.69) is 27.7 Å². The van der Waals surface area contributed by atoms with E-state index in [9.17, 15) is 4.79 Å². The number of rotatable bonds is 6. The quantitative estimate of drug-likeness (QED) is 0.558. The van der Waals surface area contributed by atoms with Crippen LogP contribution in [-0.4, -0.2) is 6.29 Å². The lowest BCUT2D eigenvalue weighted by atomic mass is 9.83. The second-order valence-electron chi connectivity index (χ2n) is 3.91. The van der Waals surface area contributed by atoms with Crippen LogP contribution in [0.3, 0.4) is 0 Å². The molecule has 0 aliphatic rings. The van der Waals surface area contributed by atoms with Crippen LogP contribution in [0, 0.1) is 17.8 Å². The molecule has 0 heterocycles. The van der Waals surface area contributed by atoms with E-state index in [1.54, 1.807) is 0 Å². The maximum absolute atomic E-state index is 10.3. The van der Waals surface area contributed by atoms with Gasteiger partial charge in [0.1, 0.15) is 6.29 Å². The first-order valence-corrected chi connectivity index (χ1v) is 4.90. The summed E-state index contributed by atoms with van der Waals surface area (Å²) in [5.41, 5.74) is 0. The highest BCUT2D eigenvalue weighted by Gasteiger charge is 2.16. The average Bonchev–Trinajstić information content (AvgIpc) is 2.00. The standard InChI is InChI=1S/C11H21O/c1-5-11(8-9(2)3)10(4)6-7-12/h7,9-10H,5-6,8H2,1-4H3. The molecule has 12 heavy (non-hydrogen) atoms. The zero-order valence-electron chi connectivity index (χ0n) is 8.76. The summed E-state index contributed by atoms with van der Waals surface area (Å²) in [5, 5.41) is 0. The third-order valence-corrected chi connectivity index (χ3v) is 2.27. The van der Waals surface area contributed by atoms with Crippen molar-refractivity contribution in [3.63, 3.8) is 0 Å². The van der Waals surface area contributed by atoms with Gasteiger partial charge in [-0.05, 0) is 30.6 Å². The molecule has 0 rings (SSSR count). The second kappa shape index (κ2) is 6.22. The van der Waals surface area contributed by atoms with Gasteiger partial charge >= 0.3 is 0 Å². The molecule has 71 valence electrons. The third kappa shape index (κ3) is 4.53. The van der Waals surface area contributed by atoms with Crippen molar-refractivity contribution in [2.24, 2.45) is 11.8 Å². The van der Waals surface area contributed by atoms with E-state index in [0.29, 0.717) is 18.3 Å². The Bertz CT molecular complexity index is 118. The van der Waals surface area contributed by atoms with Crippen LogP contribution in [0.1, 0.15) is 47.0 Å². The molecule has 0 aromatic heterocycles. The van der Waals surface area contributed by atoms with E-state index in [4.69, 9.17) is 0 Å². The van der Waals surface area contributed by atoms with Crippen LogP contribution in [0.2, 0.25) is 0 Å². The Labute approximate surface area is 76.6 Å². The molecular weight excluding hydrogens is 148 g/mol. The summed E-state index contributed by atoms with van der Waals surface area (Å²) in [7, 11) is 0. The van der Waals surface area contributed by atoms with Crippen molar-refractivity contribution in [3.8, 4) is 0 Å². The summed E-state index contributed by atoms with van der Waals surface area (Å²) in [6.45, 7) is 8.78. The van der Waals surface area contributed by atoms with Gasteiger partial charge in [0.2, 0.25) is 0 Å². The van der Waals surface area contributed by atoms with Crippen LogP contribution in [0.25, 0.3) is 0 Å². The molecule has 1 nitrogen and oxygen atoms in total. The monoisotopic (exact) mass is 169 g/mol. The first-order chi connectivity index (χ1) is 5.61. The van der Waals surface area contributed by atoms with Crippen molar-refractivity contribution < 1.29 is 4.79 Å². The molecule has 1 heteroatoms. The largest absolute Gasteiger partial charge is 0.303 e. The number of carbonyl (C=O) groups excluding carboxylic acids is 1. The van der Waals surface area contributed by atoms with Crippen LogP contribution in [0.15, 0.2) is 0 Å². The van der Waals surface area contributed by atoms with Crippen molar-refractivity contribution in [1.29, 1.82) is 0 Å². The van der Waals surface area contributed by atoms with Gasteiger partial charge in [0.25, 0.3) is 0 Å². The molecule has 0 aromatic carbocycles. The van der Waals surface area contributed by atoms with Gasteiger partial charge in [-0.1, -0.05) is 27.7 Å². The van der Waals surface area contributed by atoms with Crippen LogP contribution >= 0.6 is 0 Å². The lowest BCUT2D eigenvalue weighted by molar-refractivity contribution is -0.108. The summed E-state index contributed by atoms with van der Waals surface area (Å²) in [4.78, 5) is 10.3. The number of aldehydes is 1. The Hall–Kier alpha value is -0.330. The first kappa shape index (κ1) is 11.7. The summed E-state index contributed by atoms with van der Waals surface area (Å²) in [5.74, 6) is 2.74. The minimum atomic E-state index is 0.481. The number of carbonyl (C=O) groups is 1. The topological polar surface area (TPSA) is 17.1 Å². The zero-order chi connectivity index (χ0) is 9.56. The molecular formula is C11H21O. The van der Waals surface area contributed by atoms with Crippen LogP contribution in [0.4, 0.5) is 0 Å². The van der Waals surface area contributed by atoms with Gasteiger partial charge in [-0.3, -0.25) is 0 Å². The number of hydrogen-bond acceptors (Lipinski definition) is 1. The fourth-order valence-electron chi connectivity index (χ4n) is 1.53. The van der Waals surface area contributed by atoms with Crippen molar-refractivity contribution in [1.82, 2.24) is 0 Å². The van der Waals surface area contributed by atoms with Crippen LogP contribution in [0.5, 0.6) is 0 Å². The molecule has 0 aromatic rings. The van der Waals surface area contributed by atoms with Crippen molar-refractivity contribution in [2.75, 3.05) is 0 Å². The predicted octanol–water partition coefficient (Wildman–Crippen LogP) is 3.24. The van der Waals surface area contributed by atoms with Gasteiger partial charge < -0.3 is 4.79 Å². The molecule has 0 saturated heterocycles. The maximum atomic E-state index is 10.3. The van der Waals surface area contributed by atoms with E-state index in [1.165, 1.54) is 12.3 Å². The zero-order valence-corrected chi connectivity index (χ0v) is 8.76. The molecule has 1 radical (unpaired) electrons. The highest BCUT2D eigenvalue weighted by molar-refractivity contribution is 5.50. The Balaban J connectivity index is 3.86. The highest BCUT2D eigenvalue weighted by atomic mass is 16.1. The summed E-state index contributed by atoms with van der Waals surface area (Å²) >= 11 is 0. The molecule has 0 saturated carbocycles. The second-order valence-corrected chi connectivity index (χ2v) is 3.91. The maximum Gasteiger partial charge on any atom is 0.120 e. The molecule has 0 aliphatic heterocycles. The van der Waals surface area contributed by atoms with Gasteiger partial charge in [-0.2, -0.15) is 0 Å². The lowest BCUT2D eigenvalue weighted by Crippen LogP contribution is -2.11. The molecule has 1 atom stereocenters. The molecule has 0 spiro atoms. The van der Waals surface area contributed by atoms with Crippen molar-refractivity contribution in [3.05, 3.63) is 5.92 Å². The first-order valence-electron chi connectivity index (χ1n) is 4.90. The van der Waals surface area contributed by atoms with Gasteiger partial charge in [0, 0.05) is 6.42 Å². The minimum Gasteiger partial charge on any atom is -0.303 e. The Morgan fingerprint density at radius 1 is 1.33 bits per heavy atom. The van der Waals surface area contributed by atoms with E-state index in [1.807, 2.05) is 0 Å². The van der Waals surface area contributed by atoms with Gasteiger partial charge in [0.05, 0.1) is 0 Å². The predicted molar refractivity (Wildman–Crippen MR) is 52.8 cm³/mol. The molecule has 0 N–H and O–H groups in total. The third-order valence-electron chi connectivity index (χ3n) is 2.27. The van der Waals surface area contributed by atoms with Crippen molar-refractivity contribution >= 4 is 6.29 Å². The van der Waals surface area contributed by atoms with E-state index >= 15 is 0 Å². The molecule has 0 aliphatic carbocycles. The highest BCUT2D eigenvalue weighted by Crippen LogP contribution is 2.27. The van der Waals surface area contributed by atoms with E-state index in [0.717, 1.165) is 12.7 Å². The average molecular weight is 169 g/mol. The smallest absolute Gasteiger partial charge is 0.120 e. The molecule has 0 bridgehead atoms. The van der Waals surface area contributed by atoms with Gasteiger partial charge in [0.15, 0.2) is 0 Å². The summed E-state index contributed by atoms with van der Waals surface area (Å²) in [6.07, 6.45) is 4.01. The van der Waals surface area contributed by atoms with Crippen molar-refractivity contribution in [2.45, 2.75) is 47.0 Å². The molecule has 1 unspecified atom stereocenters. The van der Waals surface area contributed by atoms with Gasteiger partial charge in [-0.25, -0.2) is 0 Å². The fourth-order valence-corrected chi connectivity index (χ4v) is 1.53. The van der Waals surface area contributed by atoms with Gasteiger partial charge in [-0.15, -0.1) is 0 Å². The minimum absolute atomic E-state index is 0.481. The van der Waals surface area contributed by atoms with Crippen LogP contribution in [-0.2, 0) is 4.79 Å². The van der Waals surface area contributed by atoms with E-state index in [-0.39, 0.29) is 0 Å². The molecule has 0 amide bonds. The Morgan fingerprint density at radius 3 is 2.25 bits per heavy atom. The summed E-state index contributed by atoms with van der Waals surface area (Å²) < 4.78 is 0. The van der Waals surface area contributed by atoms with E-state index < -0.39 is 0 Å². The lowest BCUT2D eigenvalue weighted by Gasteiger charge is -2.21. The SMILES string of the molecule is CC[C](CC(C)C)C(C)CC=O. The van der Waals surface area contributed by atoms with Crippen LogP contribution < -0.4 is 0 Å². The Morgan fingerprint density at radius 2 is 1.92 bits per heavy atom. The molecule has 0 fully saturated rings. The number of hydrogen-bond donors (Lipinski definition) is 0. The fraction of sp³-hybridized carbons (Fsp3) is 0.818. The normalized spacial score (nSPS) is 13.8. The summed E-state index contributed by atoms with van der Waals surface area (Å²) in [6, 6.07) is 0. The Kier molecular flexibility index (Phi) is 6.04.